The van der Waals surface area contributed by atoms with E-state index in [2.05, 4.69) is 35.6 Å². The number of hydrogen-bond acceptors (Lipinski definition) is 4. The first-order valence-corrected chi connectivity index (χ1v) is 7.17. The van der Waals surface area contributed by atoms with Crippen molar-refractivity contribution >= 4 is 5.82 Å². The summed E-state index contributed by atoms with van der Waals surface area (Å²) >= 11 is 0. The molecular formula is C15H25N3O. The van der Waals surface area contributed by atoms with Crippen LogP contribution in [0.1, 0.15) is 45.7 Å². The molecular weight excluding hydrogens is 238 g/mol. The average Bonchev–Trinajstić information content (AvgIpc) is 2.64. The molecule has 4 nitrogen and oxygen atoms in total. The van der Waals surface area contributed by atoms with E-state index in [0.717, 1.165) is 24.8 Å². The third-order valence-electron chi connectivity index (χ3n) is 4.11. The van der Waals surface area contributed by atoms with Gasteiger partial charge in [0.15, 0.2) is 0 Å². The molecule has 0 bridgehead atoms. The van der Waals surface area contributed by atoms with Crippen molar-refractivity contribution in [2.75, 3.05) is 18.0 Å². The van der Waals surface area contributed by atoms with E-state index in [0.29, 0.717) is 11.1 Å². The Labute approximate surface area is 115 Å². The SMILES string of the molecule is CC(C)(C)C1CCCN(c2cncc(CO)n2)CC1. The largest absolute Gasteiger partial charge is 0.390 e. The highest BCUT2D eigenvalue weighted by atomic mass is 16.3. The van der Waals surface area contributed by atoms with Crippen LogP contribution in [-0.4, -0.2) is 28.2 Å². The summed E-state index contributed by atoms with van der Waals surface area (Å²) in [6.07, 6.45) is 7.12. The van der Waals surface area contributed by atoms with Gasteiger partial charge in [0.05, 0.1) is 24.7 Å². The fraction of sp³-hybridized carbons (Fsp3) is 0.733. The van der Waals surface area contributed by atoms with Gasteiger partial charge in [-0.15, -0.1) is 0 Å². The molecule has 4 heteroatoms. The molecule has 0 radical (unpaired) electrons. The second-order valence-corrected chi connectivity index (χ2v) is 6.51. The Hall–Kier alpha value is -1.16. The topological polar surface area (TPSA) is 49.2 Å². The smallest absolute Gasteiger partial charge is 0.147 e. The minimum Gasteiger partial charge on any atom is -0.390 e. The fourth-order valence-corrected chi connectivity index (χ4v) is 2.81. The monoisotopic (exact) mass is 263 g/mol. The average molecular weight is 263 g/mol. The van der Waals surface area contributed by atoms with Crippen molar-refractivity contribution in [3.63, 3.8) is 0 Å². The van der Waals surface area contributed by atoms with Crippen LogP contribution in [0, 0.1) is 11.3 Å². The first-order valence-electron chi connectivity index (χ1n) is 7.17. The van der Waals surface area contributed by atoms with Gasteiger partial charge in [-0.05, 0) is 30.6 Å². The molecule has 0 spiro atoms. The van der Waals surface area contributed by atoms with Crippen molar-refractivity contribution in [3.05, 3.63) is 18.1 Å². The molecule has 1 aromatic heterocycles. The first kappa shape index (κ1) is 14.3. The van der Waals surface area contributed by atoms with Gasteiger partial charge in [0.1, 0.15) is 5.82 Å². The molecule has 1 aliphatic heterocycles. The maximum Gasteiger partial charge on any atom is 0.147 e. The predicted molar refractivity (Wildman–Crippen MR) is 77.0 cm³/mol. The van der Waals surface area contributed by atoms with Gasteiger partial charge in [-0.1, -0.05) is 20.8 Å². The number of hydrogen-bond donors (Lipinski definition) is 1. The van der Waals surface area contributed by atoms with Gasteiger partial charge in [0.2, 0.25) is 0 Å². The Bertz CT molecular complexity index is 414. The van der Waals surface area contributed by atoms with E-state index in [-0.39, 0.29) is 6.61 Å². The molecule has 1 fully saturated rings. The van der Waals surface area contributed by atoms with Gasteiger partial charge < -0.3 is 10.0 Å². The van der Waals surface area contributed by atoms with Crippen molar-refractivity contribution in [1.82, 2.24) is 9.97 Å². The lowest BCUT2D eigenvalue weighted by Crippen LogP contribution is -2.27. The summed E-state index contributed by atoms with van der Waals surface area (Å²) in [5.41, 5.74) is 1.03. The zero-order valence-corrected chi connectivity index (χ0v) is 12.3. The quantitative estimate of drug-likeness (QED) is 0.891. The molecule has 1 aliphatic rings. The number of rotatable bonds is 2. The van der Waals surface area contributed by atoms with Crippen molar-refractivity contribution in [2.45, 2.75) is 46.6 Å². The van der Waals surface area contributed by atoms with E-state index < -0.39 is 0 Å². The standard InChI is InChI=1S/C15H25N3O/c1-15(2,3)12-5-4-7-18(8-6-12)14-10-16-9-13(11-19)17-14/h9-10,12,19H,4-8,11H2,1-3H3. The van der Waals surface area contributed by atoms with Gasteiger partial charge in [0.25, 0.3) is 0 Å². The van der Waals surface area contributed by atoms with Gasteiger partial charge >= 0.3 is 0 Å². The van der Waals surface area contributed by atoms with Crippen molar-refractivity contribution < 1.29 is 5.11 Å². The lowest BCUT2D eigenvalue weighted by atomic mass is 9.77. The molecule has 0 aromatic carbocycles. The molecule has 106 valence electrons. The molecule has 19 heavy (non-hydrogen) atoms. The number of aromatic nitrogens is 2. The van der Waals surface area contributed by atoms with Crippen LogP contribution in [0.5, 0.6) is 0 Å². The number of nitrogens with zero attached hydrogens (tertiary/aromatic N) is 3. The second-order valence-electron chi connectivity index (χ2n) is 6.51. The van der Waals surface area contributed by atoms with Crippen LogP contribution in [0.4, 0.5) is 5.82 Å². The maximum absolute atomic E-state index is 9.14. The third kappa shape index (κ3) is 3.66. The van der Waals surface area contributed by atoms with Crippen LogP contribution in [-0.2, 0) is 6.61 Å². The van der Waals surface area contributed by atoms with E-state index >= 15 is 0 Å². The first-order chi connectivity index (χ1) is 9.00. The summed E-state index contributed by atoms with van der Waals surface area (Å²) in [4.78, 5) is 10.9. The highest BCUT2D eigenvalue weighted by molar-refractivity contribution is 5.36. The van der Waals surface area contributed by atoms with E-state index in [9.17, 15) is 0 Å². The van der Waals surface area contributed by atoms with E-state index in [1.54, 1.807) is 12.4 Å². The van der Waals surface area contributed by atoms with E-state index in [1.807, 2.05) is 0 Å². The zero-order valence-electron chi connectivity index (χ0n) is 12.3. The van der Waals surface area contributed by atoms with Crippen LogP contribution < -0.4 is 4.90 Å². The lowest BCUT2D eigenvalue weighted by Gasteiger charge is -2.29. The molecule has 2 rings (SSSR count). The van der Waals surface area contributed by atoms with Crippen molar-refractivity contribution in [1.29, 1.82) is 0 Å². The molecule has 0 amide bonds. The molecule has 1 atom stereocenters. The maximum atomic E-state index is 9.14. The lowest BCUT2D eigenvalue weighted by molar-refractivity contribution is 0.220. The molecule has 1 unspecified atom stereocenters. The number of aliphatic hydroxyl groups is 1. The van der Waals surface area contributed by atoms with Gasteiger partial charge in [-0.25, -0.2) is 4.98 Å². The molecule has 0 aliphatic carbocycles. The minimum atomic E-state index is -0.0424. The summed E-state index contributed by atoms with van der Waals surface area (Å²) < 4.78 is 0. The highest BCUT2D eigenvalue weighted by Gasteiger charge is 2.27. The Morgan fingerprint density at radius 1 is 1.26 bits per heavy atom. The molecule has 1 N–H and O–H groups in total. The zero-order chi connectivity index (χ0) is 13.9. The minimum absolute atomic E-state index is 0.0424. The van der Waals surface area contributed by atoms with Crippen LogP contribution in [0.2, 0.25) is 0 Å². The summed E-state index contributed by atoms with van der Waals surface area (Å²) in [6.45, 7) is 9.03. The fourth-order valence-electron chi connectivity index (χ4n) is 2.81. The molecule has 1 saturated heterocycles. The second kappa shape index (κ2) is 5.87. The van der Waals surface area contributed by atoms with Gasteiger partial charge in [-0.2, -0.15) is 0 Å². The highest BCUT2D eigenvalue weighted by Crippen LogP contribution is 2.34. The predicted octanol–water partition coefficient (Wildman–Crippen LogP) is 2.62. The van der Waals surface area contributed by atoms with E-state index in [4.69, 9.17) is 5.11 Å². The Kier molecular flexibility index (Phi) is 4.40. The molecule has 1 aromatic rings. The Morgan fingerprint density at radius 3 is 2.74 bits per heavy atom. The van der Waals surface area contributed by atoms with Crippen LogP contribution in [0.25, 0.3) is 0 Å². The van der Waals surface area contributed by atoms with Gasteiger partial charge in [-0.3, -0.25) is 4.98 Å². The van der Waals surface area contributed by atoms with Gasteiger partial charge in [0, 0.05) is 13.1 Å². The third-order valence-corrected chi connectivity index (χ3v) is 4.11. The van der Waals surface area contributed by atoms with Crippen LogP contribution >= 0.6 is 0 Å². The Balaban J connectivity index is 2.06. The van der Waals surface area contributed by atoms with Crippen molar-refractivity contribution in [2.24, 2.45) is 11.3 Å². The Morgan fingerprint density at radius 2 is 2.05 bits per heavy atom. The summed E-state index contributed by atoms with van der Waals surface area (Å²) in [7, 11) is 0. The molecule has 2 heterocycles. The summed E-state index contributed by atoms with van der Waals surface area (Å²) in [5.74, 6) is 1.67. The van der Waals surface area contributed by atoms with Crippen LogP contribution in [0.15, 0.2) is 12.4 Å². The summed E-state index contributed by atoms with van der Waals surface area (Å²) in [6, 6.07) is 0. The van der Waals surface area contributed by atoms with Crippen molar-refractivity contribution in [3.8, 4) is 0 Å². The molecule has 0 saturated carbocycles. The summed E-state index contributed by atoms with van der Waals surface area (Å²) in [5, 5.41) is 9.14. The number of anilines is 1. The van der Waals surface area contributed by atoms with Crippen LogP contribution in [0.3, 0.4) is 0 Å². The normalized spacial score (nSPS) is 21.3. The van der Waals surface area contributed by atoms with E-state index in [1.165, 1.54) is 19.3 Å². The number of aliphatic hydroxyl groups excluding tert-OH is 1.